The topological polar surface area (TPSA) is 38.2 Å². The second-order valence-electron chi connectivity index (χ2n) is 5.11. The van der Waals surface area contributed by atoms with Gasteiger partial charge in [0.15, 0.2) is 0 Å². The molecule has 1 fully saturated rings. The van der Waals surface area contributed by atoms with Crippen molar-refractivity contribution in [1.82, 2.24) is 9.97 Å². The zero-order valence-corrected chi connectivity index (χ0v) is 12.7. The molecule has 1 aliphatic rings. The highest BCUT2D eigenvalue weighted by Gasteiger charge is 2.24. The number of hydrogen-bond donors (Lipinski definition) is 0. The summed E-state index contributed by atoms with van der Waals surface area (Å²) >= 11 is 3.72. The largest absolute Gasteiger partial charge is 0.475 e. The Labute approximate surface area is 117 Å². The van der Waals surface area contributed by atoms with Gasteiger partial charge in [-0.15, -0.1) is 0 Å². The Morgan fingerprint density at radius 2 is 2.22 bits per heavy atom. The summed E-state index contributed by atoms with van der Waals surface area (Å²) in [5.74, 6) is 2.25. The second kappa shape index (κ2) is 5.87. The number of piperidine rings is 1. The van der Waals surface area contributed by atoms with Crippen molar-refractivity contribution in [3.63, 3.8) is 0 Å². The van der Waals surface area contributed by atoms with Crippen molar-refractivity contribution in [2.45, 2.75) is 38.1 Å². The van der Waals surface area contributed by atoms with Gasteiger partial charge >= 0.3 is 0 Å². The zero-order valence-electron chi connectivity index (χ0n) is 11.1. The average molecular weight is 314 g/mol. The minimum absolute atomic E-state index is 0.139. The van der Waals surface area contributed by atoms with Crippen LogP contribution < -0.4 is 9.64 Å². The normalized spacial score (nSPS) is 24.4. The summed E-state index contributed by atoms with van der Waals surface area (Å²) in [6.07, 6.45) is 2.86. The molecule has 5 heteroatoms. The molecule has 0 aliphatic carbocycles. The van der Waals surface area contributed by atoms with Crippen LogP contribution in [0.1, 0.15) is 27.2 Å². The lowest BCUT2D eigenvalue weighted by molar-refractivity contribution is 0.232. The Balaban J connectivity index is 2.08. The molecule has 4 nitrogen and oxygen atoms in total. The molecule has 0 aromatic carbocycles. The molecule has 2 atom stereocenters. The molecule has 2 rings (SSSR count). The highest BCUT2D eigenvalue weighted by atomic mass is 79.9. The number of halogens is 1. The van der Waals surface area contributed by atoms with E-state index in [4.69, 9.17) is 4.74 Å². The number of nitrogens with zero attached hydrogens (tertiary/aromatic N) is 3. The molecular weight excluding hydrogens is 294 g/mol. The van der Waals surface area contributed by atoms with Gasteiger partial charge in [0.1, 0.15) is 12.1 Å². The van der Waals surface area contributed by atoms with E-state index in [9.17, 15) is 0 Å². The van der Waals surface area contributed by atoms with Gasteiger partial charge in [-0.25, -0.2) is 9.97 Å². The molecule has 0 amide bonds. The maximum atomic E-state index is 5.61. The van der Waals surface area contributed by atoms with Crippen molar-refractivity contribution in [1.29, 1.82) is 0 Å². The fourth-order valence-electron chi connectivity index (χ4n) is 2.13. The summed E-state index contributed by atoms with van der Waals surface area (Å²) in [6.45, 7) is 8.31. The van der Waals surface area contributed by atoms with E-state index in [1.54, 1.807) is 6.33 Å². The predicted molar refractivity (Wildman–Crippen MR) is 76.5 cm³/mol. The number of alkyl halides is 1. The van der Waals surface area contributed by atoms with Gasteiger partial charge in [0.25, 0.3) is 0 Å². The number of aromatic nitrogens is 2. The van der Waals surface area contributed by atoms with Gasteiger partial charge in [-0.1, -0.05) is 22.9 Å². The highest BCUT2D eigenvalue weighted by Crippen LogP contribution is 2.27. The molecule has 100 valence electrons. The molecule has 0 saturated carbocycles. The Morgan fingerprint density at radius 1 is 1.44 bits per heavy atom. The van der Waals surface area contributed by atoms with Crippen molar-refractivity contribution in [3.05, 3.63) is 12.4 Å². The lowest BCUT2D eigenvalue weighted by Gasteiger charge is -2.35. The Kier molecular flexibility index (Phi) is 4.43. The fourth-order valence-corrected chi connectivity index (χ4v) is 2.51. The lowest BCUT2D eigenvalue weighted by Crippen LogP contribution is -2.40. The van der Waals surface area contributed by atoms with Crippen LogP contribution in [0.2, 0.25) is 0 Å². The van der Waals surface area contributed by atoms with Crippen LogP contribution in [0.3, 0.4) is 0 Å². The first-order valence-corrected chi connectivity index (χ1v) is 7.35. The molecule has 1 aromatic rings. The van der Waals surface area contributed by atoms with Crippen molar-refractivity contribution in [2.24, 2.45) is 5.92 Å². The Bertz CT molecular complexity index is 400. The van der Waals surface area contributed by atoms with Gasteiger partial charge < -0.3 is 9.64 Å². The van der Waals surface area contributed by atoms with Crippen LogP contribution in [0, 0.1) is 5.92 Å². The quantitative estimate of drug-likeness (QED) is 0.804. The zero-order chi connectivity index (χ0) is 13.1. The maximum Gasteiger partial charge on any atom is 0.218 e. The predicted octanol–water partition coefficient (Wildman–Crippen LogP) is 2.87. The van der Waals surface area contributed by atoms with Crippen molar-refractivity contribution in [2.75, 3.05) is 18.0 Å². The monoisotopic (exact) mass is 313 g/mol. The van der Waals surface area contributed by atoms with Crippen molar-refractivity contribution < 1.29 is 4.74 Å². The van der Waals surface area contributed by atoms with Gasteiger partial charge in [0, 0.05) is 24.0 Å². The molecule has 0 N–H and O–H groups in total. The molecule has 18 heavy (non-hydrogen) atoms. The van der Waals surface area contributed by atoms with Crippen LogP contribution in [0.4, 0.5) is 5.82 Å². The van der Waals surface area contributed by atoms with E-state index in [-0.39, 0.29) is 6.10 Å². The summed E-state index contributed by atoms with van der Waals surface area (Å²) in [6, 6.07) is 1.93. The van der Waals surface area contributed by atoms with Gasteiger partial charge in [-0.3, -0.25) is 0 Å². The minimum atomic E-state index is 0.139. The number of ether oxygens (including phenoxy) is 1. The van der Waals surface area contributed by atoms with Gasteiger partial charge in [-0.2, -0.15) is 0 Å². The van der Waals surface area contributed by atoms with E-state index in [1.807, 2.05) is 19.9 Å². The highest BCUT2D eigenvalue weighted by molar-refractivity contribution is 9.09. The van der Waals surface area contributed by atoms with E-state index >= 15 is 0 Å². The lowest BCUT2D eigenvalue weighted by atomic mass is 10.0. The fraction of sp³-hybridized carbons (Fsp3) is 0.692. The van der Waals surface area contributed by atoms with E-state index in [1.165, 1.54) is 0 Å². The van der Waals surface area contributed by atoms with E-state index < -0.39 is 0 Å². The summed E-state index contributed by atoms with van der Waals surface area (Å²) in [7, 11) is 0. The van der Waals surface area contributed by atoms with Crippen LogP contribution in [-0.4, -0.2) is 34.0 Å². The van der Waals surface area contributed by atoms with Crippen molar-refractivity contribution in [3.8, 4) is 5.88 Å². The van der Waals surface area contributed by atoms with Crippen LogP contribution in [0.25, 0.3) is 0 Å². The molecule has 0 bridgehead atoms. The van der Waals surface area contributed by atoms with E-state index in [2.05, 4.69) is 37.7 Å². The third-order valence-corrected chi connectivity index (χ3v) is 4.47. The second-order valence-corrected chi connectivity index (χ2v) is 6.29. The first-order valence-electron chi connectivity index (χ1n) is 6.44. The molecule has 2 heterocycles. The standard InChI is InChI=1S/C13H20BrN3O/c1-9(2)18-13-6-12(15-8-16-13)17-5-4-11(14)10(3)7-17/h6,8-11H,4-5,7H2,1-3H3. The molecule has 1 saturated heterocycles. The smallest absolute Gasteiger partial charge is 0.218 e. The van der Waals surface area contributed by atoms with Crippen LogP contribution in [-0.2, 0) is 0 Å². The van der Waals surface area contributed by atoms with E-state index in [0.29, 0.717) is 16.6 Å². The van der Waals surface area contributed by atoms with Crippen LogP contribution >= 0.6 is 15.9 Å². The van der Waals surface area contributed by atoms with Gasteiger partial charge in [-0.05, 0) is 26.2 Å². The molecular formula is C13H20BrN3O. The SMILES string of the molecule is CC(C)Oc1cc(N2CCC(Br)C(C)C2)ncn1. The number of hydrogen-bond acceptors (Lipinski definition) is 4. The summed E-state index contributed by atoms with van der Waals surface area (Å²) in [5.41, 5.74) is 0. The minimum Gasteiger partial charge on any atom is -0.475 e. The van der Waals surface area contributed by atoms with Gasteiger partial charge in [0.2, 0.25) is 5.88 Å². The molecule has 0 spiro atoms. The summed E-state index contributed by atoms with van der Waals surface area (Å²) in [5, 5.41) is 0. The third kappa shape index (κ3) is 3.34. The first-order chi connectivity index (χ1) is 8.56. The average Bonchev–Trinajstić information content (AvgIpc) is 2.32. The molecule has 1 aliphatic heterocycles. The number of rotatable bonds is 3. The summed E-state index contributed by atoms with van der Waals surface area (Å²) < 4.78 is 5.61. The Hall–Kier alpha value is -0.840. The molecule has 2 unspecified atom stereocenters. The van der Waals surface area contributed by atoms with E-state index in [0.717, 1.165) is 25.3 Å². The third-order valence-electron chi connectivity index (χ3n) is 3.11. The maximum absolute atomic E-state index is 5.61. The van der Waals surface area contributed by atoms with Crippen LogP contribution in [0.5, 0.6) is 5.88 Å². The first kappa shape index (κ1) is 13.6. The Morgan fingerprint density at radius 3 is 2.89 bits per heavy atom. The number of anilines is 1. The van der Waals surface area contributed by atoms with Crippen molar-refractivity contribution >= 4 is 21.7 Å². The van der Waals surface area contributed by atoms with Crippen LogP contribution in [0.15, 0.2) is 12.4 Å². The molecule has 0 radical (unpaired) electrons. The summed E-state index contributed by atoms with van der Waals surface area (Å²) in [4.78, 5) is 11.4. The van der Waals surface area contributed by atoms with Gasteiger partial charge in [0.05, 0.1) is 6.10 Å². The molecule has 1 aromatic heterocycles.